The lowest BCUT2D eigenvalue weighted by Crippen LogP contribution is -2.32. The van der Waals surface area contributed by atoms with E-state index in [2.05, 4.69) is 20.9 Å². The number of aromatic nitrogens is 3. The number of halogens is 3. The average Bonchev–Trinajstić information content (AvgIpc) is 3.36. The van der Waals surface area contributed by atoms with E-state index in [4.69, 9.17) is 28.2 Å². The van der Waals surface area contributed by atoms with Crippen molar-refractivity contribution < 1.29 is 4.79 Å². The zero-order chi connectivity index (χ0) is 21.3. The van der Waals surface area contributed by atoms with Crippen LogP contribution in [0.3, 0.4) is 0 Å². The first-order chi connectivity index (χ1) is 14.4. The Morgan fingerprint density at radius 3 is 2.87 bits per heavy atom. The van der Waals surface area contributed by atoms with Crippen LogP contribution in [0, 0.1) is 6.92 Å². The van der Waals surface area contributed by atoms with Gasteiger partial charge in [-0.2, -0.15) is 0 Å². The van der Waals surface area contributed by atoms with Crippen LogP contribution in [-0.2, 0) is 6.54 Å². The summed E-state index contributed by atoms with van der Waals surface area (Å²) < 4.78 is 3.72. The molecule has 2 aromatic carbocycles. The third kappa shape index (κ3) is 4.54. The molecule has 0 bridgehead atoms. The second-order valence-corrected chi connectivity index (χ2v) is 9.57. The highest BCUT2D eigenvalue weighted by Crippen LogP contribution is 2.34. The second-order valence-electron chi connectivity index (χ2n) is 6.80. The fraction of sp³-hybridized carbons (Fsp3) is 0.190. The van der Waals surface area contributed by atoms with Crippen molar-refractivity contribution >= 4 is 71.7 Å². The van der Waals surface area contributed by atoms with Crippen LogP contribution in [0.2, 0.25) is 10.0 Å². The molecule has 1 amide bonds. The summed E-state index contributed by atoms with van der Waals surface area (Å²) in [6, 6.07) is 9.02. The SMILES string of the molecule is Cc1cc(Cl)cc2sc(N(CCCn3ccnc3)C(=O)c3cc(Br)ccc3Cl)nc12. The third-order valence-electron chi connectivity index (χ3n) is 4.63. The summed E-state index contributed by atoms with van der Waals surface area (Å²) in [6.45, 7) is 3.20. The normalized spacial score (nSPS) is 11.2. The van der Waals surface area contributed by atoms with E-state index in [0.717, 1.165) is 33.2 Å². The zero-order valence-corrected chi connectivity index (χ0v) is 19.9. The smallest absolute Gasteiger partial charge is 0.261 e. The van der Waals surface area contributed by atoms with Gasteiger partial charge in [0.1, 0.15) is 0 Å². The number of benzene rings is 2. The highest BCUT2D eigenvalue weighted by molar-refractivity contribution is 9.10. The van der Waals surface area contributed by atoms with E-state index in [0.29, 0.717) is 27.3 Å². The van der Waals surface area contributed by atoms with Crippen LogP contribution in [0.25, 0.3) is 10.2 Å². The summed E-state index contributed by atoms with van der Waals surface area (Å²) in [5.74, 6) is -0.185. The lowest BCUT2D eigenvalue weighted by molar-refractivity contribution is 0.0986. The van der Waals surface area contributed by atoms with Crippen LogP contribution in [0.1, 0.15) is 22.3 Å². The van der Waals surface area contributed by atoms with Gasteiger partial charge >= 0.3 is 0 Å². The molecule has 4 aromatic rings. The molecule has 5 nitrogen and oxygen atoms in total. The predicted octanol–water partition coefficient (Wildman–Crippen LogP) is 6.61. The van der Waals surface area contributed by atoms with Gasteiger partial charge in [-0.1, -0.05) is 50.5 Å². The number of amides is 1. The van der Waals surface area contributed by atoms with Crippen molar-refractivity contribution in [1.29, 1.82) is 0 Å². The number of carbonyl (C=O) groups is 1. The van der Waals surface area contributed by atoms with E-state index in [1.54, 1.807) is 29.6 Å². The van der Waals surface area contributed by atoms with Gasteiger partial charge in [0.25, 0.3) is 5.91 Å². The molecule has 0 saturated heterocycles. The largest absolute Gasteiger partial charge is 0.337 e. The quantitative estimate of drug-likeness (QED) is 0.286. The first-order valence-corrected chi connectivity index (χ1v) is 11.6. The molecule has 2 heterocycles. The molecule has 2 aromatic heterocycles. The number of carbonyl (C=O) groups excluding carboxylic acids is 1. The summed E-state index contributed by atoms with van der Waals surface area (Å²) in [5, 5.41) is 1.69. The van der Waals surface area contributed by atoms with Gasteiger partial charge in [-0.3, -0.25) is 9.69 Å². The lowest BCUT2D eigenvalue weighted by Gasteiger charge is -2.21. The Bertz CT molecular complexity index is 1210. The van der Waals surface area contributed by atoms with Gasteiger partial charge in [0, 0.05) is 35.0 Å². The molecule has 4 rings (SSSR count). The maximum Gasteiger partial charge on any atom is 0.261 e. The summed E-state index contributed by atoms with van der Waals surface area (Å²) in [4.78, 5) is 24.0. The van der Waals surface area contributed by atoms with Crippen LogP contribution >= 0.6 is 50.5 Å². The molecule has 9 heteroatoms. The van der Waals surface area contributed by atoms with Gasteiger partial charge in [0.15, 0.2) is 5.13 Å². The standard InChI is InChI=1S/C21H17BrCl2N4OS/c1-13-9-15(23)11-18-19(13)26-21(30-18)28(7-2-6-27-8-5-25-12-27)20(29)16-10-14(22)3-4-17(16)24/h3-5,8-12H,2,6-7H2,1H3. The highest BCUT2D eigenvalue weighted by Gasteiger charge is 2.24. The van der Waals surface area contributed by atoms with Crippen molar-refractivity contribution in [2.75, 3.05) is 11.4 Å². The monoisotopic (exact) mass is 522 g/mol. The Morgan fingerprint density at radius 1 is 1.27 bits per heavy atom. The van der Waals surface area contributed by atoms with Gasteiger partial charge in [0.2, 0.25) is 0 Å². The molecule has 30 heavy (non-hydrogen) atoms. The van der Waals surface area contributed by atoms with Crippen molar-refractivity contribution in [2.24, 2.45) is 0 Å². The molecule has 0 atom stereocenters. The third-order valence-corrected chi connectivity index (χ3v) is 6.70. The first-order valence-electron chi connectivity index (χ1n) is 9.22. The van der Waals surface area contributed by atoms with Crippen LogP contribution in [0.4, 0.5) is 5.13 Å². The molecule has 0 aliphatic carbocycles. The Kier molecular flexibility index (Phi) is 6.43. The Balaban J connectivity index is 1.70. The van der Waals surface area contributed by atoms with E-state index in [9.17, 15) is 4.79 Å². The molecule has 0 saturated carbocycles. The number of hydrogen-bond donors (Lipinski definition) is 0. The Hall–Kier alpha value is -1.93. The maximum absolute atomic E-state index is 13.5. The van der Waals surface area contributed by atoms with Crippen LogP contribution in [0.15, 0.2) is 53.5 Å². The average molecular weight is 524 g/mol. The highest BCUT2D eigenvalue weighted by atomic mass is 79.9. The summed E-state index contributed by atoms with van der Waals surface area (Å²) in [6.07, 6.45) is 6.15. The van der Waals surface area contributed by atoms with Crippen molar-refractivity contribution in [1.82, 2.24) is 14.5 Å². The van der Waals surface area contributed by atoms with Crippen molar-refractivity contribution in [3.63, 3.8) is 0 Å². The van der Waals surface area contributed by atoms with E-state index < -0.39 is 0 Å². The number of rotatable bonds is 6. The van der Waals surface area contributed by atoms with E-state index in [-0.39, 0.29) is 5.91 Å². The number of hydrogen-bond acceptors (Lipinski definition) is 4. The molecular weight excluding hydrogens is 507 g/mol. The Morgan fingerprint density at radius 2 is 2.10 bits per heavy atom. The molecule has 0 aliphatic heterocycles. The molecular formula is C21H17BrCl2N4OS. The van der Waals surface area contributed by atoms with Gasteiger partial charge < -0.3 is 4.57 Å². The topological polar surface area (TPSA) is 51.0 Å². The number of fused-ring (bicyclic) bond motifs is 1. The maximum atomic E-state index is 13.5. The van der Waals surface area contributed by atoms with Crippen LogP contribution in [-0.4, -0.2) is 27.0 Å². The van der Waals surface area contributed by atoms with Crippen molar-refractivity contribution in [3.05, 3.63) is 74.7 Å². The minimum atomic E-state index is -0.185. The molecule has 0 unspecified atom stereocenters. The minimum Gasteiger partial charge on any atom is -0.337 e. The van der Waals surface area contributed by atoms with Crippen LogP contribution < -0.4 is 4.90 Å². The molecule has 0 fully saturated rings. The van der Waals surface area contributed by atoms with Gasteiger partial charge in [-0.15, -0.1) is 0 Å². The predicted molar refractivity (Wildman–Crippen MR) is 127 cm³/mol. The Labute approximate surface area is 196 Å². The van der Waals surface area contributed by atoms with Crippen LogP contribution in [0.5, 0.6) is 0 Å². The number of aryl methyl sites for hydroxylation is 2. The van der Waals surface area contributed by atoms with E-state index >= 15 is 0 Å². The number of nitrogens with zero attached hydrogens (tertiary/aromatic N) is 4. The summed E-state index contributed by atoms with van der Waals surface area (Å²) >= 11 is 17.4. The molecule has 0 aliphatic rings. The fourth-order valence-electron chi connectivity index (χ4n) is 3.18. The number of thiazole rings is 1. The van der Waals surface area contributed by atoms with E-state index in [1.807, 2.05) is 35.9 Å². The summed E-state index contributed by atoms with van der Waals surface area (Å²) in [7, 11) is 0. The molecule has 0 spiro atoms. The molecule has 0 N–H and O–H groups in total. The lowest BCUT2D eigenvalue weighted by atomic mass is 10.2. The fourth-order valence-corrected chi connectivity index (χ4v) is 5.18. The summed E-state index contributed by atoms with van der Waals surface area (Å²) in [5.41, 5.74) is 2.26. The van der Waals surface area contributed by atoms with E-state index in [1.165, 1.54) is 11.3 Å². The van der Waals surface area contributed by atoms with Crippen molar-refractivity contribution in [2.45, 2.75) is 19.9 Å². The molecule has 154 valence electrons. The first kappa shape index (κ1) is 21.3. The number of anilines is 1. The molecule has 0 radical (unpaired) electrons. The minimum absolute atomic E-state index is 0.185. The van der Waals surface area contributed by atoms with Crippen molar-refractivity contribution in [3.8, 4) is 0 Å². The zero-order valence-electron chi connectivity index (χ0n) is 16.0. The van der Waals surface area contributed by atoms with Gasteiger partial charge in [-0.05, 0) is 49.2 Å². The second kappa shape index (κ2) is 9.06. The number of imidazole rings is 1. The van der Waals surface area contributed by atoms with Gasteiger partial charge in [-0.25, -0.2) is 9.97 Å². The van der Waals surface area contributed by atoms with Gasteiger partial charge in [0.05, 0.1) is 27.1 Å².